The van der Waals surface area contributed by atoms with E-state index in [1.54, 1.807) is 11.3 Å². The minimum Gasteiger partial charge on any atom is -0.444 e. The van der Waals surface area contributed by atoms with E-state index in [2.05, 4.69) is 32.4 Å². The van der Waals surface area contributed by atoms with Gasteiger partial charge in [-0.05, 0) is 24.6 Å². The molecular weight excluding hydrogens is 392 g/mol. The standard InChI is InChI=1S/C20H22N4O2S2/c1-13-22-18(12-28-13)14-8-16-17(9-14)21-3-2-19(16)23-4-6-24(7-5-23)20(25)26-15-10-27-11-15/h2-3,8,12,15H,4-7,9-11H2,1H3. The monoisotopic (exact) mass is 414 g/mol. The Balaban J connectivity index is 1.29. The summed E-state index contributed by atoms with van der Waals surface area (Å²) in [4.78, 5) is 25.7. The van der Waals surface area contributed by atoms with Gasteiger partial charge in [0.2, 0.25) is 0 Å². The molecule has 0 saturated carbocycles. The number of carbonyl (C=O) groups excluding carboxylic acids is 1. The molecule has 28 heavy (non-hydrogen) atoms. The zero-order valence-corrected chi connectivity index (χ0v) is 17.4. The van der Waals surface area contributed by atoms with E-state index in [0.29, 0.717) is 13.1 Å². The van der Waals surface area contributed by atoms with Crippen LogP contribution in [0.4, 0.5) is 10.5 Å². The zero-order valence-electron chi connectivity index (χ0n) is 15.8. The van der Waals surface area contributed by atoms with Crippen LogP contribution < -0.4 is 4.90 Å². The van der Waals surface area contributed by atoms with E-state index < -0.39 is 0 Å². The average Bonchev–Trinajstić information content (AvgIpc) is 3.30. The first-order valence-electron chi connectivity index (χ1n) is 9.56. The van der Waals surface area contributed by atoms with Gasteiger partial charge in [0.1, 0.15) is 6.10 Å². The molecule has 1 amide bonds. The molecular formula is C20H22N4O2S2. The number of anilines is 1. The van der Waals surface area contributed by atoms with Gasteiger partial charge in [0.25, 0.3) is 0 Å². The summed E-state index contributed by atoms with van der Waals surface area (Å²) in [5, 5.41) is 3.21. The van der Waals surface area contributed by atoms with Crippen LogP contribution in [0, 0.1) is 6.92 Å². The van der Waals surface area contributed by atoms with Crippen molar-refractivity contribution in [1.29, 1.82) is 0 Å². The molecule has 2 aromatic heterocycles. The minimum atomic E-state index is -0.161. The number of ether oxygens (including phenoxy) is 1. The van der Waals surface area contributed by atoms with Crippen molar-refractivity contribution in [1.82, 2.24) is 14.9 Å². The van der Waals surface area contributed by atoms with Crippen LogP contribution in [-0.2, 0) is 11.2 Å². The fraction of sp³-hybridized carbons (Fsp3) is 0.450. The largest absolute Gasteiger partial charge is 0.444 e. The third kappa shape index (κ3) is 3.39. The predicted octanol–water partition coefficient (Wildman–Crippen LogP) is 3.32. The van der Waals surface area contributed by atoms with Crippen LogP contribution in [0.1, 0.15) is 22.0 Å². The molecule has 0 atom stereocenters. The number of piperazine rings is 1. The molecule has 4 heterocycles. The number of thiazole rings is 1. The summed E-state index contributed by atoms with van der Waals surface area (Å²) in [7, 11) is 0. The number of hydrogen-bond acceptors (Lipinski definition) is 7. The van der Waals surface area contributed by atoms with E-state index in [1.165, 1.54) is 16.8 Å². The Bertz CT molecular complexity index is 930. The van der Waals surface area contributed by atoms with Crippen molar-refractivity contribution in [2.24, 2.45) is 0 Å². The molecule has 1 aliphatic carbocycles. The van der Waals surface area contributed by atoms with Crippen LogP contribution in [0.25, 0.3) is 11.6 Å². The topological polar surface area (TPSA) is 58.6 Å². The molecule has 0 spiro atoms. The highest BCUT2D eigenvalue weighted by Gasteiger charge is 2.29. The number of aryl methyl sites for hydroxylation is 1. The van der Waals surface area contributed by atoms with Crippen molar-refractivity contribution in [2.45, 2.75) is 19.4 Å². The van der Waals surface area contributed by atoms with Crippen molar-refractivity contribution in [3.05, 3.63) is 39.6 Å². The number of amides is 1. The molecule has 0 unspecified atom stereocenters. The summed E-state index contributed by atoms with van der Waals surface area (Å²) in [5.74, 6) is 1.87. The van der Waals surface area contributed by atoms with Gasteiger partial charge in [0, 0.05) is 66.9 Å². The van der Waals surface area contributed by atoms with E-state index in [-0.39, 0.29) is 12.2 Å². The summed E-state index contributed by atoms with van der Waals surface area (Å²) in [6.07, 6.45) is 4.91. The SMILES string of the molecule is Cc1nc(C2=Cc3c(N4CCN(C(=O)OC5CSC5)CC4)ccnc3C2)cs1. The van der Waals surface area contributed by atoms with Gasteiger partial charge < -0.3 is 14.5 Å². The maximum absolute atomic E-state index is 12.3. The van der Waals surface area contributed by atoms with Crippen molar-refractivity contribution < 1.29 is 9.53 Å². The van der Waals surface area contributed by atoms with Crippen LogP contribution in [0.5, 0.6) is 0 Å². The maximum atomic E-state index is 12.3. The number of aromatic nitrogens is 2. The van der Waals surface area contributed by atoms with E-state index in [1.807, 2.05) is 29.8 Å². The number of allylic oxidation sites excluding steroid dienone is 1. The van der Waals surface area contributed by atoms with Gasteiger partial charge in [0.05, 0.1) is 16.4 Å². The second-order valence-corrected chi connectivity index (χ2v) is 9.44. The highest BCUT2D eigenvalue weighted by Crippen LogP contribution is 2.36. The predicted molar refractivity (Wildman–Crippen MR) is 114 cm³/mol. The molecule has 2 aliphatic heterocycles. The first-order valence-corrected chi connectivity index (χ1v) is 11.6. The molecule has 8 heteroatoms. The van der Waals surface area contributed by atoms with Gasteiger partial charge in [-0.3, -0.25) is 4.98 Å². The Morgan fingerprint density at radius 2 is 2.07 bits per heavy atom. The Kier molecular flexibility index (Phi) is 4.76. The average molecular weight is 415 g/mol. The van der Waals surface area contributed by atoms with Crippen molar-refractivity contribution in [2.75, 3.05) is 42.6 Å². The molecule has 2 saturated heterocycles. The molecule has 0 radical (unpaired) electrons. The van der Waals surface area contributed by atoms with Crippen LogP contribution in [-0.4, -0.2) is 64.7 Å². The Morgan fingerprint density at radius 3 is 2.75 bits per heavy atom. The Morgan fingerprint density at radius 1 is 1.25 bits per heavy atom. The minimum absolute atomic E-state index is 0.108. The maximum Gasteiger partial charge on any atom is 0.410 e. The highest BCUT2D eigenvalue weighted by molar-refractivity contribution is 8.00. The van der Waals surface area contributed by atoms with Crippen LogP contribution in [0.15, 0.2) is 17.6 Å². The van der Waals surface area contributed by atoms with E-state index >= 15 is 0 Å². The number of carbonyl (C=O) groups is 1. The Hall–Kier alpha value is -2.06. The quantitative estimate of drug-likeness (QED) is 0.768. The lowest BCUT2D eigenvalue weighted by Gasteiger charge is -2.37. The van der Waals surface area contributed by atoms with Gasteiger partial charge in [-0.25, -0.2) is 9.78 Å². The number of pyridine rings is 1. The molecule has 0 bridgehead atoms. The fourth-order valence-electron chi connectivity index (χ4n) is 3.79. The second kappa shape index (κ2) is 7.40. The lowest BCUT2D eigenvalue weighted by Crippen LogP contribution is -2.50. The van der Waals surface area contributed by atoms with Gasteiger partial charge in [-0.2, -0.15) is 11.8 Å². The lowest BCUT2D eigenvalue weighted by atomic mass is 10.1. The molecule has 5 rings (SSSR count). The van der Waals surface area contributed by atoms with Crippen molar-refractivity contribution >= 4 is 46.5 Å². The summed E-state index contributed by atoms with van der Waals surface area (Å²) in [6, 6.07) is 2.09. The summed E-state index contributed by atoms with van der Waals surface area (Å²) in [6.45, 7) is 5.04. The molecule has 146 valence electrons. The van der Waals surface area contributed by atoms with E-state index in [4.69, 9.17) is 4.74 Å². The van der Waals surface area contributed by atoms with E-state index in [9.17, 15) is 4.79 Å². The fourth-order valence-corrected chi connectivity index (χ4v) is 4.99. The first-order chi connectivity index (χ1) is 13.7. The molecule has 0 N–H and O–H groups in total. The van der Waals surface area contributed by atoms with Gasteiger partial charge in [-0.15, -0.1) is 11.3 Å². The van der Waals surface area contributed by atoms with Crippen LogP contribution in [0.3, 0.4) is 0 Å². The van der Waals surface area contributed by atoms with Crippen LogP contribution in [0.2, 0.25) is 0 Å². The number of thioether (sulfide) groups is 1. The number of fused-ring (bicyclic) bond motifs is 1. The van der Waals surface area contributed by atoms with Crippen LogP contribution >= 0.6 is 23.1 Å². The van der Waals surface area contributed by atoms with Gasteiger partial charge >= 0.3 is 6.09 Å². The number of rotatable bonds is 3. The third-order valence-electron chi connectivity index (χ3n) is 5.43. The molecule has 3 aliphatic rings. The smallest absolute Gasteiger partial charge is 0.410 e. The third-order valence-corrected chi connectivity index (χ3v) is 7.42. The Labute approximate surface area is 172 Å². The second-order valence-electron chi connectivity index (χ2n) is 7.31. The van der Waals surface area contributed by atoms with E-state index in [0.717, 1.165) is 47.4 Å². The first kappa shape index (κ1) is 18.0. The molecule has 0 aromatic carbocycles. The van der Waals surface area contributed by atoms with Crippen molar-refractivity contribution in [3.8, 4) is 0 Å². The highest BCUT2D eigenvalue weighted by atomic mass is 32.2. The summed E-state index contributed by atoms with van der Waals surface area (Å²) >= 11 is 3.51. The van der Waals surface area contributed by atoms with Gasteiger partial charge in [-0.1, -0.05) is 0 Å². The summed E-state index contributed by atoms with van der Waals surface area (Å²) < 4.78 is 5.53. The number of nitrogens with zero attached hydrogens (tertiary/aromatic N) is 4. The summed E-state index contributed by atoms with van der Waals surface area (Å²) in [5.41, 5.74) is 5.82. The van der Waals surface area contributed by atoms with Crippen molar-refractivity contribution in [3.63, 3.8) is 0 Å². The lowest BCUT2D eigenvalue weighted by molar-refractivity contribution is 0.0746. The molecule has 2 aromatic rings. The molecule has 6 nitrogen and oxygen atoms in total. The zero-order chi connectivity index (χ0) is 19.1. The number of hydrogen-bond donors (Lipinski definition) is 0. The molecule has 2 fully saturated rings. The van der Waals surface area contributed by atoms with Gasteiger partial charge in [0.15, 0.2) is 0 Å². The normalized spacial score (nSPS) is 19.2.